The van der Waals surface area contributed by atoms with Gasteiger partial charge in [0.05, 0.1) is 33.4 Å². The van der Waals surface area contributed by atoms with E-state index in [1.165, 1.54) is 36.4 Å². The Morgan fingerprint density at radius 3 is 1.14 bits per heavy atom. The standard InChI is InChI=1S/C30H22N6O6/c31-25(37)15-5-1-3-13(19(15)27(33)39)21-17-11-7-9-12(10-8-11)18(17)23(29(35)41)24(30(36)42)22(21)14-4-2-6-16(26(32)38)20(14)28(34)40/h1-10H,(H2,31,37)(H2,32,38)(H2,33,39)(H2,34,40)(H2,35,41)(H2,36,42). The van der Waals surface area contributed by atoms with Gasteiger partial charge in [0.25, 0.3) is 0 Å². The molecule has 12 N–H and O–H groups in total. The van der Waals surface area contributed by atoms with E-state index in [9.17, 15) is 28.8 Å². The van der Waals surface area contributed by atoms with E-state index in [1.807, 2.05) is 0 Å². The Kier molecular flexibility index (Phi) is 6.31. The van der Waals surface area contributed by atoms with Crippen LogP contribution in [0, 0.1) is 0 Å². The summed E-state index contributed by atoms with van der Waals surface area (Å²) in [5.74, 6) is -6.27. The van der Waals surface area contributed by atoms with E-state index in [0.717, 1.165) is 0 Å². The van der Waals surface area contributed by atoms with Crippen molar-refractivity contribution in [3.63, 3.8) is 0 Å². The fourth-order valence-corrected chi connectivity index (χ4v) is 5.63. The molecule has 0 atom stereocenters. The van der Waals surface area contributed by atoms with E-state index in [-0.39, 0.29) is 55.5 Å². The molecule has 208 valence electrons. The van der Waals surface area contributed by atoms with Gasteiger partial charge in [-0.15, -0.1) is 0 Å². The number of fused-ring (bicyclic) bond motifs is 2. The number of hydrogen-bond donors (Lipinski definition) is 6. The molecule has 42 heavy (non-hydrogen) atoms. The topological polar surface area (TPSA) is 259 Å². The molecule has 0 aliphatic carbocycles. The molecule has 0 aliphatic rings. The monoisotopic (exact) mass is 562 g/mol. The average Bonchev–Trinajstić information content (AvgIpc) is 2.95. The van der Waals surface area contributed by atoms with Crippen LogP contribution in [0.3, 0.4) is 0 Å². The van der Waals surface area contributed by atoms with Gasteiger partial charge in [-0.1, -0.05) is 48.5 Å². The zero-order chi connectivity index (χ0) is 30.6. The maximum absolute atomic E-state index is 13.3. The minimum absolute atomic E-state index is 0.0194. The van der Waals surface area contributed by atoms with Crippen LogP contribution in [0.1, 0.15) is 62.1 Å². The van der Waals surface area contributed by atoms with E-state index < -0.39 is 41.0 Å². The third kappa shape index (κ3) is 3.93. The number of carbonyl (C=O) groups excluding carboxylic acids is 6. The highest BCUT2D eigenvalue weighted by Gasteiger charge is 2.33. The lowest BCUT2D eigenvalue weighted by Gasteiger charge is -2.25. The van der Waals surface area contributed by atoms with Gasteiger partial charge < -0.3 is 34.4 Å². The van der Waals surface area contributed by atoms with Gasteiger partial charge in [-0.3, -0.25) is 28.8 Å². The molecule has 0 radical (unpaired) electrons. The second-order valence-corrected chi connectivity index (χ2v) is 9.47. The Bertz CT molecular complexity index is 2050. The van der Waals surface area contributed by atoms with Crippen molar-refractivity contribution in [3.05, 3.63) is 94.0 Å². The van der Waals surface area contributed by atoms with Crippen LogP contribution in [0.4, 0.5) is 0 Å². The molecular formula is C30H22N6O6. The summed E-state index contributed by atoms with van der Waals surface area (Å²) in [6.45, 7) is 0. The van der Waals surface area contributed by atoms with E-state index in [1.54, 1.807) is 24.3 Å². The molecule has 2 bridgehead atoms. The summed E-state index contributed by atoms with van der Waals surface area (Å²) >= 11 is 0. The number of hydrogen-bond acceptors (Lipinski definition) is 6. The Morgan fingerprint density at radius 2 is 0.762 bits per heavy atom. The highest BCUT2D eigenvalue weighted by molar-refractivity contribution is 6.32. The second kappa shape index (κ2) is 9.71. The summed E-state index contributed by atoms with van der Waals surface area (Å²) in [5, 5.41) is 1.53. The zero-order valence-electron chi connectivity index (χ0n) is 21.7. The Morgan fingerprint density at radius 1 is 0.381 bits per heavy atom. The lowest BCUT2D eigenvalue weighted by molar-refractivity contribution is 0.0966. The fourth-order valence-electron chi connectivity index (χ4n) is 5.63. The largest absolute Gasteiger partial charge is 0.366 e. The molecule has 6 rings (SSSR count). The smallest absolute Gasteiger partial charge is 0.250 e. The number of amides is 6. The fraction of sp³-hybridized carbons (Fsp3) is 0. The Balaban J connectivity index is 2.22. The Hall–Kier alpha value is -6.30. The molecule has 6 amide bonds. The first kappa shape index (κ1) is 27.3. The first-order valence-electron chi connectivity index (χ1n) is 12.3. The van der Waals surface area contributed by atoms with Crippen molar-refractivity contribution in [1.82, 2.24) is 0 Å². The maximum atomic E-state index is 13.3. The van der Waals surface area contributed by atoms with Gasteiger partial charge >= 0.3 is 0 Å². The van der Waals surface area contributed by atoms with Crippen LogP contribution in [0.5, 0.6) is 0 Å². The van der Waals surface area contributed by atoms with Gasteiger partial charge in [0.1, 0.15) is 0 Å². The molecule has 6 aromatic carbocycles. The second-order valence-electron chi connectivity index (χ2n) is 9.47. The molecule has 0 spiro atoms. The minimum Gasteiger partial charge on any atom is -0.366 e. The van der Waals surface area contributed by atoms with Crippen LogP contribution in [-0.4, -0.2) is 35.4 Å². The highest BCUT2D eigenvalue weighted by Crippen LogP contribution is 2.48. The predicted molar refractivity (Wildman–Crippen MR) is 155 cm³/mol. The van der Waals surface area contributed by atoms with Crippen LogP contribution >= 0.6 is 0 Å². The maximum Gasteiger partial charge on any atom is 0.250 e. The average molecular weight is 563 g/mol. The van der Waals surface area contributed by atoms with Crippen LogP contribution in [0.15, 0.2) is 60.7 Å². The van der Waals surface area contributed by atoms with Gasteiger partial charge in [-0.25, -0.2) is 0 Å². The lowest BCUT2D eigenvalue weighted by atomic mass is 9.77. The van der Waals surface area contributed by atoms with Gasteiger partial charge in [0.2, 0.25) is 35.4 Å². The molecular weight excluding hydrogens is 540 g/mol. The summed E-state index contributed by atoms with van der Waals surface area (Å²) in [7, 11) is 0. The zero-order valence-corrected chi connectivity index (χ0v) is 21.7. The van der Waals surface area contributed by atoms with Crippen LogP contribution in [-0.2, 0) is 0 Å². The first-order valence-corrected chi connectivity index (χ1v) is 12.3. The van der Waals surface area contributed by atoms with Gasteiger partial charge in [0, 0.05) is 10.9 Å². The minimum atomic E-state index is -1.13. The van der Waals surface area contributed by atoms with Crippen molar-refractivity contribution in [2.75, 3.05) is 0 Å². The number of carbonyl (C=O) groups is 6. The van der Waals surface area contributed by atoms with E-state index in [0.29, 0.717) is 16.2 Å². The molecule has 0 unspecified atom stereocenters. The summed E-state index contributed by atoms with van der Waals surface area (Å²) in [6.07, 6.45) is 0. The van der Waals surface area contributed by atoms with Crippen molar-refractivity contribution >= 4 is 57.0 Å². The molecule has 0 saturated carbocycles. The molecule has 12 nitrogen and oxygen atoms in total. The number of rotatable bonds is 8. The summed E-state index contributed by atoms with van der Waals surface area (Å²) in [5.41, 5.74) is 32.2. The molecule has 0 fully saturated rings. The molecule has 12 heteroatoms. The number of primary amides is 6. The van der Waals surface area contributed by atoms with E-state index in [2.05, 4.69) is 0 Å². The number of nitrogens with two attached hydrogens (primary N) is 6. The van der Waals surface area contributed by atoms with Crippen LogP contribution in [0.25, 0.3) is 43.8 Å². The quantitative estimate of drug-likeness (QED) is 0.162. The third-order valence-electron chi connectivity index (χ3n) is 7.15. The summed E-state index contributed by atoms with van der Waals surface area (Å²) in [4.78, 5) is 76.8. The molecule has 0 heterocycles. The molecule has 0 aromatic heterocycles. The normalized spacial score (nSPS) is 11.0. The Labute approximate surface area is 236 Å². The SMILES string of the molecule is NC(=O)c1cccc(-c2c(C(N)=O)c(C(N)=O)c3c4ccc(cc4)c3c2-c2cccc(C(N)=O)c2C(N)=O)c1C(N)=O. The van der Waals surface area contributed by atoms with Crippen LogP contribution in [0.2, 0.25) is 0 Å². The first-order chi connectivity index (χ1) is 19.9. The van der Waals surface area contributed by atoms with Gasteiger partial charge in [-0.05, 0) is 45.0 Å². The van der Waals surface area contributed by atoms with Crippen molar-refractivity contribution in [1.29, 1.82) is 0 Å². The van der Waals surface area contributed by atoms with E-state index in [4.69, 9.17) is 34.4 Å². The lowest BCUT2D eigenvalue weighted by Crippen LogP contribution is -2.26. The molecule has 0 aliphatic heterocycles. The summed E-state index contributed by atoms with van der Waals surface area (Å²) in [6, 6.07) is 15.0. The van der Waals surface area contributed by atoms with Gasteiger partial charge in [0.15, 0.2) is 0 Å². The van der Waals surface area contributed by atoms with Crippen molar-refractivity contribution in [2.45, 2.75) is 0 Å². The van der Waals surface area contributed by atoms with Gasteiger partial charge in [-0.2, -0.15) is 0 Å². The molecule has 0 saturated heterocycles. The summed E-state index contributed by atoms with van der Waals surface area (Å²) < 4.78 is 0. The van der Waals surface area contributed by atoms with Crippen molar-refractivity contribution < 1.29 is 28.8 Å². The van der Waals surface area contributed by atoms with Crippen molar-refractivity contribution in [3.8, 4) is 22.3 Å². The predicted octanol–water partition coefficient (Wildman–Crippen LogP) is 1.36. The highest BCUT2D eigenvalue weighted by atomic mass is 16.2. The van der Waals surface area contributed by atoms with Crippen LogP contribution < -0.4 is 34.4 Å². The molecule has 6 aromatic rings. The van der Waals surface area contributed by atoms with E-state index >= 15 is 0 Å². The third-order valence-corrected chi connectivity index (χ3v) is 7.15. The number of benzene rings is 6. The van der Waals surface area contributed by atoms with Crippen molar-refractivity contribution in [2.24, 2.45) is 34.4 Å².